The van der Waals surface area contributed by atoms with Crippen molar-refractivity contribution in [2.45, 2.75) is 32.2 Å². The first kappa shape index (κ1) is 11.3. The number of aromatic nitrogens is 1. The van der Waals surface area contributed by atoms with Crippen molar-refractivity contribution >= 4 is 16.8 Å². The van der Waals surface area contributed by atoms with Crippen LogP contribution in [0, 0.1) is 5.82 Å². The Morgan fingerprint density at radius 1 is 1.50 bits per heavy atom. The predicted octanol–water partition coefficient (Wildman–Crippen LogP) is 2.82. The van der Waals surface area contributed by atoms with E-state index in [2.05, 4.69) is 10.3 Å². The zero-order chi connectivity index (χ0) is 12.7. The van der Waals surface area contributed by atoms with Crippen LogP contribution in [0.2, 0.25) is 0 Å². The summed E-state index contributed by atoms with van der Waals surface area (Å²) in [6.45, 7) is 1.52. The van der Waals surface area contributed by atoms with Gasteiger partial charge in [-0.25, -0.2) is 4.39 Å². The molecular formula is C14H15FN2O. The summed E-state index contributed by atoms with van der Waals surface area (Å²) in [6, 6.07) is 4.81. The van der Waals surface area contributed by atoms with Gasteiger partial charge in [-0.2, -0.15) is 0 Å². The first-order chi connectivity index (χ1) is 8.65. The molecule has 0 bridgehead atoms. The molecule has 3 rings (SSSR count). The van der Waals surface area contributed by atoms with E-state index in [0.717, 1.165) is 41.4 Å². The van der Waals surface area contributed by atoms with E-state index in [1.807, 2.05) is 0 Å². The molecule has 1 aromatic carbocycles. The summed E-state index contributed by atoms with van der Waals surface area (Å²) >= 11 is 0. The van der Waals surface area contributed by atoms with Gasteiger partial charge < -0.3 is 10.3 Å². The van der Waals surface area contributed by atoms with Crippen molar-refractivity contribution in [2.75, 3.05) is 0 Å². The first-order valence-electron chi connectivity index (χ1n) is 6.22. The van der Waals surface area contributed by atoms with Crippen LogP contribution in [-0.2, 0) is 11.2 Å². The van der Waals surface area contributed by atoms with Crippen LogP contribution >= 0.6 is 0 Å². The van der Waals surface area contributed by atoms with Crippen LogP contribution in [0.15, 0.2) is 18.2 Å². The van der Waals surface area contributed by atoms with Gasteiger partial charge in [-0.05, 0) is 43.0 Å². The van der Waals surface area contributed by atoms with Gasteiger partial charge in [0.25, 0.3) is 0 Å². The predicted molar refractivity (Wildman–Crippen MR) is 67.8 cm³/mol. The summed E-state index contributed by atoms with van der Waals surface area (Å²) in [5.41, 5.74) is 3.13. The van der Waals surface area contributed by atoms with Gasteiger partial charge in [0, 0.05) is 23.5 Å². The Balaban J connectivity index is 2.12. The maximum absolute atomic E-state index is 13.3. The van der Waals surface area contributed by atoms with E-state index in [1.165, 1.54) is 13.0 Å². The average molecular weight is 246 g/mol. The molecule has 1 unspecified atom stereocenters. The van der Waals surface area contributed by atoms with Crippen molar-refractivity contribution in [3.05, 3.63) is 35.3 Å². The second kappa shape index (κ2) is 4.12. The highest BCUT2D eigenvalue weighted by atomic mass is 19.1. The lowest BCUT2D eigenvalue weighted by Gasteiger charge is -2.23. The van der Waals surface area contributed by atoms with Crippen molar-refractivity contribution in [1.82, 2.24) is 10.3 Å². The van der Waals surface area contributed by atoms with Crippen LogP contribution in [0.5, 0.6) is 0 Å². The van der Waals surface area contributed by atoms with E-state index >= 15 is 0 Å². The molecule has 3 nitrogen and oxygen atoms in total. The lowest BCUT2D eigenvalue weighted by molar-refractivity contribution is -0.119. The van der Waals surface area contributed by atoms with Crippen molar-refractivity contribution in [2.24, 2.45) is 0 Å². The van der Waals surface area contributed by atoms with E-state index < -0.39 is 0 Å². The standard InChI is InChI=1S/C14H15FN2O/c1-8(18)16-13-4-2-3-10-11-7-9(15)5-6-12(11)17-14(10)13/h5-7,13,17H,2-4H2,1H3,(H,16,18). The molecule has 0 fully saturated rings. The average Bonchev–Trinajstić information content (AvgIpc) is 2.68. The number of aromatic amines is 1. The van der Waals surface area contributed by atoms with E-state index in [1.54, 1.807) is 12.1 Å². The quantitative estimate of drug-likeness (QED) is 0.798. The summed E-state index contributed by atoms with van der Waals surface area (Å²) in [5.74, 6) is -0.247. The largest absolute Gasteiger partial charge is 0.356 e. The van der Waals surface area contributed by atoms with Gasteiger partial charge in [0.15, 0.2) is 0 Å². The molecule has 1 aliphatic carbocycles. The smallest absolute Gasteiger partial charge is 0.217 e. The monoisotopic (exact) mass is 246 g/mol. The molecular weight excluding hydrogens is 231 g/mol. The Labute approximate surface area is 104 Å². The molecule has 0 spiro atoms. The number of nitrogens with one attached hydrogen (secondary N) is 2. The van der Waals surface area contributed by atoms with Gasteiger partial charge in [-0.1, -0.05) is 0 Å². The number of H-pyrrole nitrogens is 1. The lowest BCUT2D eigenvalue weighted by Crippen LogP contribution is -2.28. The Morgan fingerprint density at radius 3 is 3.11 bits per heavy atom. The van der Waals surface area contributed by atoms with Crippen molar-refractivity contribution in [1.29, 1.82) is 0 Å². The minimum atomic E-state index is -0.217. The molecule has 1 aliphatic rings. The van der Waals surface area contributed by atoms with E-state index in [4.69, 9.17) is 0 Å². The van der Waals surface area contributed by atoms with Gasteiger partial charge in [0.2, 0.25) is 5.91 Å². The number of hydrogen-bond donors (Lipinski definition) is 2. The van der Waals surface area contributed by atoms with Crippen LogP contribution in [-0.4, -0.2) is 10.9 Å². The molecule has 0 aliphatic heterocycles. The van der Waals surface area contributed by atoms with Crippen LogP contribution in [0.1, 0.15) is 37.1 Å². The fraction of sp³-hybridized carbons (Fsp3) is 0.357. The Kier molecular flexibility index (Phi) is 2.58. The molecule has 18 heavy (non-hydrogen) atoms. The SMILES string of the molecule is CC(=O)NC1CCCc2c1[nH]c1ccc(F)cc21. The van der Waals surface area contributed by atoms with E-state index in [-0.39, 0.29) is 17.8 Å². The maximum atomic E-state index is 13.3. The van der Waals surface area contributed by atoms with Crippen LogP contribution in [0.3, 0.4) is 0 Å². The molecule has 0 saturated carbocycles. The number of amides is 1. The number of carbonyl (C=O) groups is 1. The summed E-state index contributed by atoms with van der Waals surface area (Å²) < 4.78 is 13.3. The third kappa shape index (κ3) is 1.78. The van der Waals surface area contributed by atoms with Crippen molar-refractivity contribution in [3.8, 4) is 0 Å². The molecule has 2 aromatic rings. The fourth-order valence-electron chi connectivity index (χ4n) is 2.82. The summed E-state index contributed by atoms with van der Waals surface area (Å²) in [4.78, 5) is 14.5. The Morgan fingerprint density at radius 2 is 2.33 bits per heavy atom. The summed E-state index contributed by atoms with van der Waals surface area (Å²) in [5, 5.41) is 3.89. The fourth-order valence-corrected chi connectivity index (χ4v) is 2.82. The van der Waals surface area contributed by atoms with Gasteiger partial charge in [-0.3, -0.25) is 4.79 Å². The number of aryl methyl sites for hydroxylation is 1. The second-order valence-electron chi connectivity index (χ2n) is 4.85. The third-order valence-corrected chi connectivity index (χ3v) is 3.55. The minimum Gasteiger partial charge on any atom is -0.356 e. The maximum Gasteiger partial charge on any atom is 0.217 e. The molecule has 0 radical (unpaired) electrons. The molecule has 1 amide bonds. The molecule has 1 heterocycles. The highest BCUT2D eigenvalue weighted by molar-refractivity contribution is 5.85. The Bertz CT molecular complexity index is 618. The van der Waals surface area contributed by atoms with Crippen LogP contribution in [0.4, 0.5) is 4.39 Å². The van der Waals surface area contributed by atoms with Gasteiger partial charge in [0.05, 0.1) is 6.04 Å². The Hall–Kier alpha value is -1.84. The lowest BCUT2D eigenvalue weighted by atomic mass is 9.91. The van der Waals surface area contributed by atoms with Crippen molar-refractivity contribution < 1.29 is 9.18 Å². The van der Waals surface area contributed by atoms with Gasteiger partial charge >= 0.3 is 0 Å². The van der Waals surface area contributed by atoms with Gasteiger partial charge in [0.1, 0.15) is 5.82 Å². The second-order valence-corrected chi connectivity index (χ2v) is 4.85. The minimum absolute atomic E-state index is 0.0294. The topological polar surface area (TPSA) is 44.9 Å². The molecule has 1 aromatic heterocycles. The molecule has 4 heteroatoms. The van der Waals surface area contributed by atoms with Crippen LogP contribution in [0.25, 0.3) is 10.9 Å². The van der Waals surface area contributed by atoms with Crippen molar-refractivity contribution in [3.63, 3.8) is 0 Å². The zero-order valence-electron chi connectivity index (χ0n) is 10.2. The molecule has 94 valence electrons. The summed E-state index contributed by atoms with van der Waals surface area (Å²) in [6.07, 6.45) is 2.89. The number of benzene rings is 1. The molecule has 2 N–H and O–H groups in total. The normalized spacial score (nSPS) is 18.7. The summed E-state index contributed by atoms with van der Waals surface area (Å²) in [7, 11) is 0. The highest BCUT2D eigenvalue weighted by Gasteiger charge is 2.24. The van der Waals surface area contributed by atoms with Crippen LogP contribution < -0.4 is 5.32 Å². The first-order valence-corrected chi connectivity index (χ1v) is 6.22. The number of hydrogen-bond acceptors (Lipinski definition) is 1. The number of carbonyl (C=O) groups excluding carboxylic acids is 1. The number of rotatable bonds is 1. The zero-order valence-corrected chi connectivity index (χ0v) is 10.2. The molecule has 0 saturated heterocycles. The number of halogens is 1. The number of fused-ring (bicyclic) bond motifs is 3. The van der Waals surface area contributed by atoms with E-state index in [9.17, 15) is 9.18 Å². The van der Waals surface area contributed by atoms with Gasteiger partial charge in [-0.15, -0.1) is 0 Å². The van der Waals surface area contributed by atoms with E-state index in [0.29, 0.717) is 0 Å². The highest BCUT2D eigenvalue weighted by Crippen LogP contribution is 2.34. The third-order valence-electron chi connectivity index (χ3n) is 3.55. The molecule has 1 atom stereocenters.